The predicted molar refractivity (Wildman–Crippen MR) is 366 cm³/mol. The number of hydrogen-bond donors (Lipinski definition) is 3. The number of hydrogen-bond acceptors (Lipinski definition) is 8. The van der Waals surface area contributed by atoms with E-state index in [4.69, 9.17) is 38.2 Å². The maximum Gasteiger partial charge on any atom is 0.317 e. The molecule has 14 nitrogen and oxygen atoms in total. The monoisotopic (exact) mass is 1310 g/mol. The molecule has 0 bridgehead atoms. The molecular weight excluding hydrogens is 1230 g/mol. The third kappa shape index (κ3) is 15.4. The molecular formula is C71H79Cl5N12O2. The molecule has 6 heterocycles. The normalized spacial score (nSPS) is 16.3. The van der Waals surface area contributed by atoms with Crippen LogP contribution in [-0.2, 0) is 44.1 Å². The van der Waals surface area contributed by atoms with Crippen LogP contribution in [0.3, 0.4) is 0 Å². The fourth-order valence-electron chi connectivity index (χ4n) is 13.4. The molecule has 13 rings (SSSR count). The number of halogens is 5. The lowest BCUT2D eigenvalue weighted by atomic mass is 9.77. The number of rotatable bonds is 16. The van der Waals surface area contributed by atoms with Crippen LogP contribution in [-0.4, -0.2) is 127 Å². The van der Waals surface area contributed by atoms with Gasteiger partial charge in [-0.3, -0.25) is 19.8 Å². The second-order valence-corrected chi connectivity index (χ2v) is 24.0. The summed E-state index contributed by atoms with van der Waals surface area (Å²) in [7, 11) is 0. The van der Waals surface area contributed by atoms with Gasteiger partial charge in [-0.2, -0.15) is 0 Å². The highest BCUT2D eigenvalue weighted by atomic mass is 35.5. The van der Waals surface area contributed by atoms with Gasteiger partial charge in [0, 0.05) is 106 Å². The third-order valence-electron chi connectivity index (χ3n) is 17.9. The van der Waals surface area contributed by atoms with E-state index in [0.29, 0.717) is 39.3 Å². The minimum Gasteiger partial charge on any atom is -0.348 e. The number of carbonyl (C=O) groups is 2. The zero-order valence-electron chi connectivity index (χ0n) is 50.5. The molecule has 2 fully saturated rings. The number of carbonyl (C=O) groups excluding carboxylic acids is 2. The fourth-order valence-corrected chi connectivity index (χ4v) is 13.8. The number of urea groups is 2. The van der Waals surface area contributed by atoms with Gasteiger partial charge in [0.25, 0.3) is 0 Å². The van der Waals surface area contributed by atoms with Gasteiger partial charge in [0.15, 0.2) is 0 Å². The Balaban J connectivity index is 0.000000225. The van der Waals surface area contributed by atoms with Gasteiger partial charge in [-0.1, -0.05) is 138 Å². The molecule has 4 amide bonds. The summed E-state index contributed by atoms with van der Waals surface area (Å²) in [5, 5.41) is 7.83. The van der Waals surface area contributed by atoms with Gasteiger partial charge in [0.2, 0.25) is 0 Å². The number of pyridine rings is 2. The molecule has 4 aromatic heterocycles. The van der Waals surface area contributed by atoms with E-state index in [1.54, 1.807) is 6.33 Å². The average molecular weight is 1310 g/mol. The number of amides is 4. The van der Waals surface area contributed by atoms with E-state index in [-0.39, 0.29) is 61.4 Å². The van der Waals surface area contributed by atoms with Crippen molar-refractivity contribution in [2.45, 2.75) is 81.8 Å². The van der Waals surface area contributed by atoms with Crippen molar-refractivity contribution >= 4 is 72.5 Å². The summed E-state index contributed by atoms with van der Waals surface area (Å²) in [5.74, 6) is 0. The number of aryl methyl sites for hydroxylation is 6. The summed E-state index contributed by atoms with van der Waals surface area (Å²) >= 11 is 12.7. The SMILES string of the molecule is Cl.Cl.Cl.O=C(NCCCCc1cn(C(c2ccccc2)(c2ccccc2)c2ccccc2)cn1)N1CCN(C2c3ccc(Cl)cc3CCc3cccnc32)CC1.O=C(NCCCCc1cnc[nH]1)N1CCN(C2c3ccc(Cl)cc3CCc3cccnc32)CC1. The summed E-state index contributed by atoms with van der Waals surface area (Å²) in [6, 6.07) is 53.2. The van der Waals surface area contributed by atoms with Gasteiger partial charge < -0.3 is 30.0 Å². The molecule has 0 radical (unpaired) electrons. The Morgan fingerprint density at radius 3 is 1.40 bits per heavy atom. The van der Waals surface area contributed by atoms with Crippen LogP contribution in [0.4, 0.5) is 9.59 Å². The highest BCUT2D eigenvalue weighted by Gasteiger charge is 2.39. The van der Waals surface area contributed by atoms with Gasteiger partial charge >= 0.3 is 12.1 Å². The minimum atomic E-state index is -0.569. The van der Waals surface area contributed by atoms with E-state index in [2.05, 4.69) is 169 Å². The van der Waals surface area contributed by atoms with Crippen LogP contribution in [0.1, 0.15) is 111 Å². The van der Waals surface area contributed by atoms with Crippen LogP contribution < -0.4 is 10.6 Å². The van der Waals surface area contributed by atoms with E-state index >= 15 is 0 Å². The largest absolute Gasteiger partial charge is 0.348 e. The molecule has 0 spiro atoms. The molecule has 19 heteroatoms. The molecule has 0 saturated carbocycles. The third-order valence-corrected chi connectivity index (χ3v) is 18.3. The lowest BCUT2D eigenvalue weighted by Crippen LogP contribution is -2.52. The number of aromatic amines is 1. The lowest BCUT2D eigenvalue weighted by Gasteiger charge is -2.39. The second kappa shape index (κ2) is 32.1. The molecule has 5 aromatic carbocycles. The Morgan fingerprint density at radius 1 is 0.511 bits per heavy atom. The van der Waals surface area contributed by atoms with E-state index in [1.165, 1.54) is 50.1 Å². The van der Waals surface area contributed by atoms with Gasteiger partial charge in [-0.05, 0) is 151 Å². The first kappa shape index (κ1) is 67.1. The van der Waals surface area contributed by atoms with Crippen molar-refractivity contribution in [3.63, 3.8) is 0 Å². The number of imidazole rings is 2. The number of nitrogens with one attached hydrogen (secondary N) is 3. The number of H-pyrrole nitrogens is 1. The van der Waals surface area contributed by atoms with Crippen LogP contribution in [0.2, 0.25) is 10.0 Å². The van der Waals surface area contributed by atoms with Crippen molar-refractivity contribution in [2.75, 3.05) is 65.4 Å². The van der Waals surface area contributed by atoms with Gasteiger partial charge in [0.05, 0.1) is 41.8 Å². The van der Waals surface area contributed by atoms with Crippen molar-refractivity contribution in [1.29, 1.82) is 0 Å². The van der Waals surface area contributed by atoms with E-state index in [1.807, 2.05) is 59.0 Å². The molecule has 2 unspecified atom stereocenters. The zero-order valence-corrected chi connectivity index (χ0v) is 54.5. The van der Waals surface area contributed by atoms with Gasteiger partial charge in [0.1, 0.15) is 5.54 Å². The first-order valence-electron chi connectivity index (χ1n) is 30.9. The Bertz CT molecular complexity index is 3620. The number of piperazine rings is 2. The quantitative estimate of drug-likeness (QED) is 0.0641. The van der Waals surface area contributed by atoms with Gasteiger partial charge in [-0.15, -0.1) is 37.2 Å². The molecule has 470 valence electrons. The number of unbranched alkanes of at least 4 members (excludes halogenated alkanes) is 2. The molecule has 90 heavy (non-hydrogen) atoms. The summed E-state index contributed by atoms with van der Waals surface area (Å²) in [6.07, 6.45) is 20.9. The van der Waals surface area contributed by atoms with Crippen molar-refractivity contribution in [3.05, 3.63) is 272 Å². The second-order valence-electron chi connectivity index (χ2n) is 23.2. The average Bonchev–Trinajstić information content (AvgIpc) is 1.18. The van der Waals surface area contributed by atoms with E-state index in [0.717, 1.165) is 123 Å². The number of benzene rings is 5. The summed E-state index contributed by atoms with van der Waals surface area (Å²) in [5.41, 5.74) is 15.1. The molecule has 2 aliphatic heterocycles. The Morgan fingerprint density at radius 2 is 0.956 bits per heavy atom. The molecule has 2 aliphatic carbocycles. The molecule has 2 saturated heterocycles. The van der Waals surface area contributed by atoms with Crippen molar-refractivity contribution in [2.24, 2.45) is 0 Å². The Labute approximate surface area is 557 Å². The molecule has 3 N–H and O–H groups in total. The standard InChI is InChI=1S/C45H45ClN6O.C26H31ClN6O.3ClH/c46-39-23-24-41-35(31-39)22-21-34-13-12-26-47-42(34)43(41)50-27-29-51(30-28-50)44(53)48-25-11-10-20-40-32-52(33-49-40)45(36-14-4-1-5-15-36,37-16-6-2-7-17-37)38-18-8-3-9-19-38;27-21-8-9-23-20(16-21)7-6-19-4-3-11-29-24(19)25(23)32-12-14-33(15-13-32)26(34)30-10-2-1-5-22-17-28-18-31-22;;;/h1-9,12-19,23-24,26,31-33,43H,10-11,20-22,25,27-30H2,(H,48,53);3-4,8-9,11,16-18,25H,1-2,5-7,10,12-15H2,(H,28,31)(H,30,34);3*1H. The zero-order chi connectivity index (χ0) is 59.4. The van der Waals surface area contributed by atoms with Crippen LogP contribution in [0, 0.1) is 0 Å². The van der Waals surface area contributed by atoms with E-state index < -0.39 is 5.54 Å². The molecule has 9 aromatic rings. The highest BCUT2D eigenvalue weighted by Crippen LogP contribution is 2.42. The molecule has 2 atom stereocenters. The lowest BCUT2D eigenvalue weighted by molar-refractivity contribution is 0.118. The number of aromatic nitrogens is 6. The van der Waals surface area contributed by atoms with Crippen LogP contribution in [0.15, 0.2) is 189 Å². The van der Waals surface area contributed by atoms with Crippen LogP contribution in [0.5, 0.6) is 0 Å². The smallest absolute Gasteiger partial charge is 0.317 e. The van der Waals surface area contributed by atoms with E-state index in [9.17, 15) is 9.59 Å². The first-order valence-corrected chi connectivity index (χ1v) is 31.7. The minimum absolute atomic E-state index is 0. The summed E-state index contributed by atoms with van der Waals surface area (Å²) in [6.45, 7) is 7.31. The first-order chi connectivity index (χ1) is 42.8. The van der Waals surface area contributed by atoms with Crippen LogP contribution in [0.25, 0.3) is 0 Å². The van der Waals surface area contributed by atoms with Crippen molar-refractivity contribution in [1.82, 2.24) is 59.7 Å². The topological polar surface area (TPSA) is 143 Å². The number of nitrogens with zero attached hydrogens (tertiary/aromatic N) is 9. The van der Waals surface area contributed by atoms with Crippen molar-refractivity contribution < 1.29 is 9.59 Å². The summed E-state index contributed by atoms with van der Waals surface area (Å²) in [4.78, 5) is 56.6. The van der Waals surface area contributed by atoms with Crippen LogP contribution >= 0.6 is 60.4 Å². The van der Waals surface area contributed by atoms with Crippen molar-refractivity contribution in [3.8, 4) is 0 Å². The molecule has 4 aliphatic rings. The fraction of sp³-hybridized carbons (Fsp3) is 0.324. The maximum absolute atomic E-state index is 13.3. The predicted octanol–water partition coefficient (Wildman–Crippen LogP) is 13.6. The highest BCUT2D eigenvalue weighted by molar-refractivity contribution is 6.31. The van der Waals surface area contributed by atoms with Gasteiger partial charge in [-0.25, -0.2) is 19.6 Å². The Hall–Kier alpha value is -7.27. The maximum atomic E-state index is 13.3. The number of fused-ring (bicyclic) bond motifs is 4. The summed E-state index contributed by atoms with van der Waals surface area (Å²) < 4.78 is 2.27. The Kier molecular flexibility index (Phi) is 24.0.